The van der Waals surface area contributed by atoms with Crippen molar-refractivity contribution >= 4 is 75.7 Å². The molecule has 2 aromatic carbocycles. The highest BCUT2D eigenvalue weighted by Crippen LogP contribution is 2.28. The molecule has 0 unspecified atom stereocenters. The Bertz CT molecular complexity index is 1220. The van der Waals surface area contributed by atoms with E-state index in [9.17, 15) is 9.59 Å². The van der Waals surface area contributed by atoms with Crippen molar-refractivity contribution in [3.05, 3.63) is 67.9 Å². The number of benzene rings is 2. The zero-order chi connectivity index (χ0) is 25.0. The smallest absolute Gasteiger partial charge is 0.253 e. The number of aromatic nitrogens is 3. The van der Waals surface area contributed by atoms with Gasteiger partial charge >= 0.3 is 0 Å². The summed E-state index contributed by atoms with van der Waals surface area (Å²) in [6.07, 6.45) is 0. The molecule has 1 heterocycles. The Morgan fingerprint density at radius 2 is 1.68 bits per heavy atom. The van der Waals surface area contributed by atoms with Crippen molar-refractivity contribution in [3.8, 4) is 0 Å². The molecule has 0 aliphatic heterocycles. The third-order valence-corrected chi connectivity index (χ3v) is 6.94. The Kier molecular flexibility index (Phi) is 9.12. The van der Waals surface area contributed by atoms with Crippen LogP contribution in [0.5, 0.6) is 0 Å². The van der Waals surface area contributed by atoms with Crippen molar-refractivity contribution in [2.45, 2.75) is 25.0 Å². The van der Waals surface area contributed by atoms with Gasteiger partial charge in [-0.3, -0.25) is 9.59 Å². The molecule has 3 aromatic rings. The van der Waals surface area contributed by atoms with E-state index in [0.717, 1.165) is 0 Å². The first-order valence-corrected chi connectivity index (χ1v) is 12.6. The minimum atomic E-state index is -0.440. The predicted octanol–water partition coefficient (Wildman–Crippen LogP) is 6.29. The van der Waals surface area contributed by atoms with Gasteiger partial charge in [-0.15, -0.1) is 10.2 Å². The molecular weight excluding hydrogens is 540 g/mol. The predicted molar refractivity (Wildman–Crippen MR) is 138 cm³/mol. The van der Waals surface area contributed by atoms with Crippen molar-refractivity contribution in [1.82, 2.24) is 20.1 Å². The zero-order valence-electron chi connectivity index (χ0n) is 18.4. The van der Waals surface area contributed by atoms with Gasteiger partial charge in [-0.25, -0.2) is 0 Å². The number of hydrogen-bond donors (Lipinski definition) is 2. The van der Waals surface area contributed by atoms with Crippen LogP contribution in [-0.2, 0) is 11.8 Å². The van der Waals surface area contributed by atoms with Gasteiger partial charge in [0.2, 0.25) is 5.91 Å². The van der Waals surface area contributed by atoms with Crippen LogP contribution in [-0.4, -0.2) is 32.3 Å². The molecular formula is C22H21Cl4N5O2S. The lowest BCUT2D eigenvalue weighted by atomic mass is 10.0. The fraction of sp³-hybridized carbons (Fsp3) is 0.273. The molecule has 2 amide bonds. The van der Waals surface area contributed by atoms with E-state index >= 15 is 0 Å². The van der Waals surface area contributed by atoms with E-state index in [4.69, 9.17) is 46.4 Å². The number of carbonyl (C=O) groups excluding carboxylic acids is 2. The van der Waals surface area contributed by atoms with Gasteiger partial charge in [0.25, 0.3) is 5.91 Å². The molecule has 0 fully saturated rings. The topological polar surface area (TPSA) is 88.9 Å². The van der Waals surface area contributed by atoms with Gasteiger partial charge in [-0.05, 0) is 42.3 Å². The number of carbonyl (C=O) groups is 2. The van der Waals surface area contributed by atoms with Crippen LogP contribution in [0, 0.1) is 5.92 Å². The zero-order valence-corrected chi connectivity index (χ0v) is 22.2. The van der Waals surface area contributed by atoms with Crippen LogP contribution >= 0.6 is 58.2 Å². The number of anilines is 1. The fourth-order valence-corrected chi connectivity index (χ4v) is 4.60. The maximum Gasteiger partial charge on any atom is 0.253 e. The van der Waals surface area contributed by atoms with Crippen LogP contribution in [0.1, 0.15) is 36.1 Å². The minimum Gasteiger partial charge on any atom is -0.342 e. The number of thioether (sulfide) groups is 1. The van der Waals surface area contributed by atoms with Gasteiger partial charge in [0.05, 0.1) is 33.1 Å². The Morgan fingerprint density at radius 1 is 1.00 bits per heavy atom. The number of nitrogens with zero attached hydrogens (tertiary/aromatic N) is 3. The molecule has 12 heteroatoms. The largest absolute Gasteiger partial charge is 0.342 e. The molecule has 180 valence electrons. The first-order valence-electron chi connectivity index (χ1n) is 10.1. The molecule has 0 bridgehead atoms. The summed E-state index contributed by atoms with van der Waals surface area (Å²) in [5.74, 6) is 0.00639. The van der Waals surface area contributed by atoms with Crippen LogP contribution in [0.3, 0.4) is 0 Å². The maximum atomic E-state index is 12.8. The van der Waals surface area contributed by atoms with Crippen LogP contribution in [0.25, 0.3) is 0 Å². The summed E-state index contributed by atoms with van der Waals surface area (Å²) in [5.41, 5.74) is 0.742. The van der Waals surface area contributed by atoms with Gasteiger partial charge in [0.15, 0.2) is 11.0 Å². The Hall–Kier alpha value is -1.97. The number of amides is 2. The molecule has 34 heavy (non-hydrogen) atoms. The lowest BCUT2D eigenvalue weighted by molar-refractivity contribution is -0.113. The minimum absolute atomic E-state index is 0.00375. The molecule has 1 aromatic heterocycles. The van der Waals surface area contributed by atoms with E-state index in [2.05, 4.69) is 20.8 Å². The highest BCUT2D eigenvalue weighted by molar-refractivity contribution is 7.99. The highest BCUT2D eigenvalue weighted by Gasteiger charge is 2.26. The molecule has 0 spiro atoms. The van der Waals surface area contributed by atoms with Gasteiger partial charge < -0.3 is 15.2 Å². The average Bonchev–Trinajstić information content (AvgIpc) is 3.12. The summed E-state index contributed by atoms with van der Waals surface area (Å²) < 4.78 is 1.75. The Morgan fingerprint density at radius 3 is 2.35 bits per heavy atom. The SMILES string of the molecule is CC(C)[C@H](NC(=O)c1ccc(Cl)cc1Cl)c1nnc(SCC(=O)Nc2cc(Cl)ccc2Cl)n1C. The van der Waals surface area contributed by atoms with Crippen molar-refractivity contribution < 1.29 is 9.59 Å². The van der Waals surface area contributed by atoms with E-state index in [1.165, 1.54) is 17.8 Å². The Balaban J connectivity index is 1.69. The number of halogens is 4. The van der Waals surface area contributed by atoms with Crippen molar-refractivity contribution in [2.75, 3.05) is 11.1 Å². The standard InChI is InChI=1S/C22H21Cl4N5O2S/c1-11(2)19(28-21(33)14-6-4-12(23)8-16(14)26)20-29-30-22(31(20)3)34-10-18(32)27-17-9-13(24)5-7-15(17)25/h4-9,11,19H,10H2,1-3H3,(H,27,32)(H,28,33)/t19-/m0/s1. The van der Waals surface area contributed by atoms with Gasteiger partial charge in [-0.1, -0.05) is 72.0 Å². The highest BCUT2D eigenvalue weighted by atomic mass is 35.5. The molecule has 7 nitrogen and oxygen atoms in total. The van der Waals surface area contributed by atoms with E-state index in [0.29, 0.717) is 37.3 Å². The second-order valence-electron chi connectivity index (χ2n) is 7.68. The quantitative estimate of drug-likeness (QED) is 0.316. The molecule has 0 saturated carbocycles. The van der Waals surface area contributed by atoms with E-state index in [-0.39, 0.29) is 28.5 Å². The van der Waals surface area contributed by atoms with E-state index < -0.39 is 6.04 Å². The summed E-state index contributed by atoms with van der Waals surface area (Å²) in [5, 5.41) is 16.2. The summed E-state index contributed by atoms with van der Waals surface area (Å²) in [6.45, 7) is 3.91. The molecule has 0 saturated heterocycles. The second-order valence-corrected chi connectivity index (χ2v) is 10.3. The lowest BCUT2D eigenvalue weighted by Crippen LogP contribution is -2.33. The molecule has 0 aliphatic rings. The second kappa shape index (κ2) is 11.6. The normalized spacial score (nSPS) is 12.0. The molecule has 0 aliphatic carbocycles. The lowest BCUT2D eigenvalue weighted by Gasteiger charge is -2.22. The van der Waals surface area contributed by atoms with Gasteiger partial charge in [-0.2, -0.15) is 0 Å². The van der Waals surface area contributed by atoms with Crippen molar-refractivity contribution in [1.29, 1.82) is 0 Å². The van der Waals surface area contributed by atoms with Crippen LogP contribution in [0.15, 0.2) is 41.6 Å². The average molecular weight is 561 g/mol. The number of nitrogens with one attached hydrogen (secondary N) is 2. The van der Waals surface area contributed by atoms with Crippen molar-refractivity contribution in [2.24, 2.45) is 13.0 Å². The molecule has 2 N–H and O–H groups in total. The third kappa shape index (κ3) is 6.58. The molecule has 0 radical (unpaired) electrons. The van der Waals surface area contributed by atoms with E-state index in [1.54, 1.807) is 41.9 Å². The summed E-state index contributed by atoms with van der Waals surface area (Å²) >= 11 is 25.4. The number of rotatable bonds is 8. The van der Waals surface area contributed by atoms with E-state index in [1.807, 2.05) is 13.8 Å². The molecule has 1 atom stereocenters. The first-order chi connectivity index (χ1) is 16.1. The van der Waals surface area contributed by atoms with Crippen molar-refractivity contribution in [3.63, 3.8) is 0 Å². The van der Waals surface area contributed by atoms with Gasteiger partial charge in [0.1, 0.15) is 0 Å². The Labute approximate surface area is 221 Å². The monoisotopic (exact) mass is 559 g/mol. The first kappa shape index (κ1) is 26.6. The van der Waals surface area contributed by atoms with Crippen LogP contribution in [0.2, 0.25) is 20.1 Å². The summed E-state index contributed by atoms with van der Waals surface area (Å²) in [6, 6.07) is 9.08. The molecule has 3 rings (SSSR count). The third-order valence-electron chi connectivity index (χ3n) is 4.81. The van der Waals surface area contributed by atoms with Crippen LogP contribution in [0.4, 0.5) is 5.69 Å². The van der Waals surface area contributed by atoms with Crippen LogP contribution < -0.4 is 10.6 Å². The van der Waals surface area contributed by atoms with Gasteiger partial charge in [0, 0.05) is 17.1 Å². The maximum absolute atomic E-state index is 12.8. The summed E-state index contributed by atoms with van der Waals surface area (Å²) in [4.78, 5) is 25.2. The summed E-state index contributed by atoms with van der Waals surface area (Å²) in [7, 11) is 1.78. The number of hydrogen-bond acceptors (Lipinski definition) is 5. The fourth-order valence-electron chi connectivity index (χ4n) is 3.05.